The number of anilines is 3. The van der Waals surface area contributed by atoms with Crippen molar-refractivity contribution in [3.8, 4) is 0 Å². The molecule has 0 aliphatic heterocycles. The van der Waals surface area contributed by atoms with Gasteiger partial charge in [0.2, 0.25) is 0 Å². The average Bonchev–Trinajstić information content (AvgIpc) is 2.56. The third-order valence-electron chi connectivity index (χ3n) is 3.63. The standard InChI is InChI=1S/C20H18FN3O/c1-13-9-14(2)11-16(10-13)23-15-7-8-19(22-12-15)24-20(25)17-5-3-4-6-18(17)21/h3-12,23H,1-2H3,(H,22,24,25). The molecule has 0 unspecified atom stereocenters. The van der Waals surface area contributed by atoms with E-state index < -0.39 is 11.7 Å². The molecule has 0 bridgehead atoms. The van der Waals surface area contributed by atoms with Gasteiger partial charge in [-0.25, -0.2) is 9.37 Å². The van der Waals surface area contributed by atoms with Gasteiger partial charge in [-0.15, -0.1) is 0 Å². The number of hydrogen-bond donors (Lipinski definition) is 2. The number of nitrogens with one attached hydrogen (secondary N) is 2. The van der Waals surface area contributed by atoms with Gasteiger partial charge in [-0.1, -0.05) is 18.2 Å². The van der Waals surface area contributed by atoms with E-state index in [-0.39, 0.29) is 5.56 Å². The van der Waals surface area contributed by atoms with E-state index in [0.29, 0.717) is 5.82 Å². The number of rotatable bonds is 4. The summed E-state index contributed by atoms with van der Waals surface area (Å²) in [6.07, 6.45) is 1.62. The first-order chi connectivity index (χ1) is 12.0. The summed E-state index contributed by atoms with van der Waals surface area (Å²) in [5.41, 5.74) is 4.10. The van der Waals surface area contributed by atoms with Crippen molar-refractivity contribution in [2.75, 3.05) is 10.6 Å². The molecule has 2 N–H and O–H groups in total. The molecule has 1 amide bonds. The van der Waals surface area contributed by atoms with Crippen molar-refractivity contribution < 1.29 is 9.18 Å². The number of aromatic nitrogens is 1. The Morgan fingerprint density at radius 1 is 0.960 bits per heavy atom. The van der Waals surface area contributed by atoms with E-state index >= 15 is 0 Å². The lowest BCUT2D eigenvalue weighted by atomic mass is 10.1. The van der Waals surface area contributed by atoms with Crippen LogP contribution in [0.1, 0.15) is 21.5 Å². The monoisotopic (exact) mass is 335 g/mol. The topological polar surface area (TPSA) is 54.0 Å². The number of hydrogen-bond acceptors (Lipinski definition) is 3. The van der Waals surface area contributed by atoms with Crippen LogP contribution in [0.25, 0.3) is 0 Å². The van der Waals surface area contributed by atoms with Gasteiger partial charge in [-0.2, -0.15) is 0 Å². The maximum Gasteiger partial charge on any atom is 0.259 e. The predicted molar refractivity (Wildman–Crippen MR) is 97.8 cm³/mol. The smallest absolute Gasteiger partial charge is 0.259 e. The maximum atomic E-state index is 13.6. The molecule has 0 saturated carbocycles. The highest BCUT2D eigenvalue weighted by molar-refractivity contribution is 6.03. The Labute approximate surface area is 145 Å². The summed E-state index contributed by atoms with van der Waals surface area (Å²) < 4.78 is 13.6. The van der Waals surface area contributed by atoms with Crippen molar-refractivity contribution in [1.29, 1.82) is 0 Å². The van der Waals surface area contributed by atoms with Gasteiger partial charge in [0, 0.05) is 5.69 Å². The Morgan fingerprint density at radius 3 is 2.32 bits per heavy atom. The van der Waals surface area contributed by atoms with E-state index in [1.165, 1.54) is 29.3 Å². The third kappa shape index (κ3) is 4.20. The summed E-state index contributed by atoms with van der Waals surface area (Å²) in [6.45, 7) is 4.08. The minimum absolute atomic E-state index is 0.0123. The van der Waals surface area contributed by atoms with Crippen molar-refractivity contribution in [2.45, 2.75) is 13.8 Å². The number of pyridine rings is 1. The molecule has 2 aromatic carbocycles. The second-order valence-electron chi connectivity index (χ2n) is 5.87. The van der Waals surface area contributed by atoms with Gasteiger partial charge in [0.1, 0.15) is 11.6 Å². The highest BCUT2D eigenvalue weighted by atomic mass is 19.1. The van der Waals surface area contributed by atoms with Crippen LogP contribution in [0.3, 0.4) is 0 Å². The minimum atomic E-state index is -0.562. The second kappa shape index (κ2) is 7.13. The zero-order valence-corrected chi connectivity index (χ0v) is 14.0. The maximum absolute atomic E-state index is 13.6. The molecule has 126 valence electrons. The second-order valence-corrected chi connectivity index (χ2v) is 5.87. The fourth-order valence-corrected chi connectivity index (χ4v) is 2.58. The normalized spacial score (nSPS) is 10.4. The SMILES string of the molecule is Cc1cc(C)cc(Nc2ccc(NC(=O)c3ccccc3F)nc2)c1. The summed E-state index contributed by atoms with van der Waals surface area (Å²) in [6, 6.07) is 15.5. The Hall–Kier alpha value is -3.21. The van der Waals surface area contributed by atoms with Gasteiger partial charge in [0.25, 0.3) is 5.91 Å². The molecule has 3 rings (SSSR count). The number of benzene rings is 2. The van der Waals surface area contributed by atoms with E-state index in [9.17, 15) is 9.18 Å². The van der Waals surface area contributed by atoms with Gasteiger partial charge in [-0.05, 0) is 61.4 Å². The van der Waals surface area contributed by atoms with E-state index in [4.69, 9.17) is 0 Å². The number of halogens is 1. The van der Waals surface area contributed by atoms with Crippen molar-refractivity contribution in [2.24, 2.45) is 0 Å². The molecular formula is C20H18FN3O. The number of carbonyl (C=O) groups excluding carboxylic acids is 1. The van der Waals surface area contributed by atoms with Gasteiger partial charge in [0.05, 0.1) is 17.4 Å². The van der Waals surface area contributed by atoms with E-state index in [0.717, 1.165) is 11.4 Å². The largest absolute Gasteiger partial charge is 0.354 e. The van der Waals surface area contributed by atoms with Crippen LogP contribution in [0.4, 0.5) is 21.6 Å². The molecule has 0 saturated heterocycles. The predicted octanol–water partition coefficient (Wildman–Crippen LogP) is 4.83. The van der Waals surface area contributed by atoms with E-state index in [1.54, 1.807) is 18.3 Å². The van der Waals surface area contributed by atoms with Crippen LogP contribution in [0, 0.1) is 19.7 Å². The average molecular weight is 335 g/mol. The van der Waals surface area contributed by atoms with Crippen LogP contribution in [0.15, 0.2) is 60.8 Å². The molecule has 0 aliphatic carbocycles. The van der Waals surface area contributed by atoms with Crippen LogP contribution in [-0.2, 0) is 0 Å². The molecule has 0 atom stereocenters. The Bertz CT molecular complexity index is 887. The van der Waals surface area contributed by atoms with E-state index in [1.807, 2.05) is 32.0 Å². The summed E-state index contributed by atoms with van der Waals surface area (Å²) in [7, 11) is 0. The first-order valence-electron chi connectivity index (χ1n) is 7.88. The first-order valence-corrected chi connectivity index (χ1v) is 7.88. The van der Waals surface area contributed by atoms with Crippen LogP contribution in [0.2, 0.25) is 0 Å². The van der Waals surface area contributed by atoms with Gasteiger partial charge in [0.15, 0.2) is 0 Å². The van der Waals surface area contributed by atoms with Gasteiger partial charge in [-0.3, -0.25) is 4.79 Å². The molecule has 25 heavy (non-hydrogen) atoms. The lowest BCUT2D eigenvalue weighted by Crippen LogP contribution is -2.14. The van der Waals surface area contributed by atoms with Gasteiger partial charge < -0.3 is 10.6 Å². The van der Waals surface area contributed by atoms with Crippen molar-refractivity contribution >= 4 is 23.1 Å². The Kier molecular flexibility index (Phi) is 4.75. The van der Waals surface area contributed by atoms with Crippen molar-refractivity contribution in [1.82, 2.24) is 4.98 Å². The first kappa shape index (κ1) is 16.6. The molecule has 0 spiro atoms. The molecule has 5 heteroatoms. The highest BCUT2D eigenvalue weighted by Crippen LogP contribution is 2.20. The number of nitrogens with zero attached hydrogens (tertiary/aromatic N) is 1. The number of amides is 1. The molecule has 3 aromatic rings. The number of aryl methyl sites for hydroxylation is 2. The summed E-state index contributed by atoms with van der Waals surface area (Å²) >= 11 is 0. The van der Waals surface area contributed by atoms with Gasteiger partial charge >= 0.3 is 0 Å². The van der Waals surface area contributed by atoms with E-state index in [2.05, 4.69) is 21.7 Å². The summed E-state index contributed by atoms with van der Waals surface area (Å²) in [4.78, 5) is 16.3. The fourth-order valence-electron chi connectivity index (χ4n) is 2.58. The number of carbonyl (C=O) groups is 1. The van der Waals surface area contributed by atoms with Crippen LogP contribution in [-0.4, -0.2) is 10.9 Å². The zero-order chi connectivity index (χ0) is 17.8. The Balaban J connectivity index is 1.70. The molecule has 0 aliphatic rings. The highest BCUT2D eigenvalue weighted by Gasteiger charge is 2.11. The molecular weight excluding hydrogens is 317 g/mol. The molecule has 0 fully saturated rings. The summed E-state index contributed by atoms with van der Waals surface area (Å²) in [5.74, 6) is -0.729. The molecule has 0 radical (unpaired) electrons. The fraction of sp³-hybridized carbons (Fsp3) is 0.100. The van der Waals surface area contributed by atoms with Crippen LogP contribution < -0.4 is 10.6 Å². The van der Waals surface area contributed by atoms with Crippen molar-refractivity contribution in [3.63, 3.8) is 0 Å². The zero-order valence-electron chi connectivity index (χ0n) is 14.0. The molecule has 1 heterocycles. The quantitative estimate of drug-likeness (QED) is 0.718. The van der Waals surface area contributed by atoms with Crippen molar-refractivity contribution in [3.05, 3.63) is 83.3 Å². The molecule has 1 aromatic heterocycles. The lowest BCUT2D eigenvalue weighted by Gasteiger charge is -2.10. The minimum Gasteiger partial charge on any atom is -0.354 e. The third-order valence-corrected chi connectivity index (χ3v) is 3.63. The summed E-state index contributed by atoms with van der Waals surface area (Å²) in [5, 5.41) is 5.86. The van der Waals surface area contributed by atoms with Crippen LogP contribution >= 0.6 is 0 Å². The lowest BCUT2D eigenvalue weighted by molar-refractivity contribution is 0.102. The molecule has 4 nitrogen and oxygen atoms in total. The Morgan fingerprint density at radius 2 is 1.68 bits per heavy atom. The van der Waals surface area contributed by atoms with Crippen LogP contribution in [0.5, 0.6) is 0 Å².